The molecule has 64 heavy (non-hydrogen) atoms. The van der Waals surface area contributed by atoms with Gasteiger partial charge in [0, 0.05) is 51.6 Å². The first-order valence-electron chi connectivity index (χ1n) is 21.1. The van der Waals surface area contributed by atoms with Crippen LogP contribution in [0.1, 0.15) is 57.1 Å². The molecule has 1 aromatic heterocycles. The summed E-state index contributed by atoms with van der Waals surface area (Å²) in [7, 11) is 1.58. The van der Waals surface area contributed by atoms with Gasteiger partial charge in [0.2, 0.25) is 5.91 Å². The van der Waals surface area contributed by atoms with E-state index in [1.165, 1.54) is 0 Å². The Labute approximate surface area is 383 Å². The van der Waals surface area contributed by atoms with Crippen molar-refractivity contribution >= 4 is 46.8 Å². The van der Waals surface area contributed by atoms with Crippen LogP contribution in [0.15, 0.2) is 54.6 Å². The van der Waals surface area contributed by atoms with Crippen LogP contribution < -0.4 is 20.1 Å². The monoisotopic (exact) mass is 925 g/mol. The van der Waals surface area contributed by atoms with Crippen molar-refractivity contribution in [2.24, 2.45) is 0 Å². The van der Waals surface area contributed by atoms with E-state index in [0.29, 0.717) is 122 Å². The number of halogens is 2. The third-order valence-corrected chi connectivity index (χ3v) is 10.5. The van der Waals surface area contributed by atoms with Gasteiger partial charge in [-0.1, -0.05) is 35.3 Å². The number of fused-ring (bicyclic) bond motifs is 3. The zero-order valence-corrected chi connectivity index (χ0v) is 38.7. The Hall–Kier alpha value is -4.94. The van der Waals surface area contributed by atoms with Gasteiger partial charge in [-0.05, 0) is 76.6 Å². The Balaban J connectivity index is 1.03. The van der Waals surface area contributed by atoms with Gasteiger partial charge in [0.1, 0.15) is 23.7 Å². The lowest BCUT2D eigenvalue weighted by atomic mass is 9.95. The smallest absolute Gasteiger partial charge is 0.407 e. The first-order valence-corrected chi connectivity index (χ1v) is 21.9. The maximum absolute atomic E-state index is 14.3. The molecule has 3 aromatic carbocycles. The molecule has 0 spiro atoms. The van der Waals surface area contributed by atoms with Crippen molar-refractivity contribution in [2.75, 3.05) is 91.6 Å². The van der Waals surface area contributed by atoms with Gasteiger partial charge in [-0.25, -0.2) is 9.48 Å². The van der Waals surface area contributed by atoms with Crippen LogP contribution in [0.5, 0.6) is 11.5 Å². The molecule has 0 atom stereocenters. The SMILES string of the molecule is COc1cc2c(cc1-c1cccc(NC(=O)CCOCCOCCOCCOCCNC(=O)OC(C)(C)C)c1)-c1c(c(C(=O)N3CCOCC3(C)C)nn1-c1cc(Cl)cc(Cl)c1)CO2. The summed E-state index contributed by atoms with van der Waals surface area (Å²) in [6, 6.07) is 16.3. The van der Waals surface area contributed by atoms with E-state index in [4.69, 9.17) is 66.2 Å². The van der Waals surface area contributed by atoms with Gasteiger partial charge in [-0.2, -0.15) is 5.10 Å². The number of carbonyl (C=O) groups is 3. The van der Waals surface area contributed by atoms with Crippen LogP contribution in [0.25, 0.3) is 28.1 Å². The highest BCUT2D eigenvalue weighted by molar-refractivity contribution is 6.34. The number of hydrogen-bond donors (Lipinski definition) is 2. The molecule has 0 saturated carbocycles. The molecule has 1 saturated heterocycles. The molecule has 4 aromatic rings. The summed E-state index contributed by atoms with van der Waals surface area (Å²) in [4.78, 5) is 40.7. The van der Waals surface area contributed by atoms with Crippen LogP contribution in [0.3, 0.4) is 0 Å². The van der Waals surface area contributed by atoms with Gasteiger partial charge in [-0.15, -0.1) is 0 Å². The number of alkyl carbamates (subject to hydrolysis) is 1. The molecule has 346 valence electrons. The molecule has 16 nitrogen and oxygen atoms in total. The van der Waals surface area contributed by atoms with Gasteiger partial charge in [0.25, 0.3) is 5.91 Å². The van der Waals surface area contributed by atoms with Crippen LogP contribution in [0, 0.1) is 0 Å². The Kier molecular flexibility index (Phi) is 16.9. The summed E-state index contributed by atoms with van der Waals surface area (Å²) in [6.45, 7) is 13.8. The van der Waals surface area contributed by atoms with Gasteiger partial charge in [-0.3, -0.25) is 9.59 Å². The summed E-state index contributed by atoms with van der Waals surface area (Å²) in [5.74, 6) is 0.645. The summed E-state index contributed by atoms with van der Waals surface area (Å²) in [5, 5.41) is 11.3. The third kappa shape index (κ3) is 13.1. The van der Waals surface area contributed by atoms with E-state index in [0.717, 1.165) is 11.1 Å². The number of amides is 3. The van der Waals surface area contributed by atoms with E-state index in [1.807, 2.05) is 50.2 Å². The van der Waals surface area contributed by atoms with E-state index in [2.05, 4.69) is 10.6 Å². The first kappa shape index (κ1) is 48.5. The number of nitrogens with zero attached hydrogens (tertiary/aromatic N) is 3. The number of rotatable bonds is 20. The molecule has 0 aliphatic carbocycles. The standard InChI is InChI=1S/C46H57Cl2N5O11/c1-45(2,3)64-44(56)49-11-14-59-17-19-61-21-20-60-18-16-58-13-10-40(54)50-33-9-7-8-30(22-33)35-26-36-39(27-38(35)57-6)63-28-37-41(43(55)52-12-15-62-29-46(52,4)5)51-53(42(36)37)34-24-31(47)23-32(48)25-34/h7-9,22-27H,10-21,28-29H2,1-6H3,(H,49,56)(H,50,54). The first-order chi connectivity index (χ1) is 30.6. The number of benzene rings is 3. The normalized spacial score (nSPS) is 14.3. The minimum Gasteiger partial charge on any atom is -0.496 e. The molecule has 2 aliphatic rings. The predicted molar refractivity (Wildman–Crippen MR) is 242 cm³/mol. The van der Waals surface area contributed by atoms with Crippen molar-refractivity contribution in [3.05, 3.63) is 75.9 Å². The molecule has 0 bridgehead atoms. The second-order valence-electron chi connectivity index (χ2n) is 16.6. The number of hydrogen-bond acceptors (Lipinski definition) is 12. The third-order valence-electron chi connectivity index (χ3n) is 10.1. The molecule has 2 aliphatic heterocycles. The van der Waals surface area contributed by atoms with Crippen LogP contribution in [-0.2, 0) is 39.8 Å². The number of anilines is 1. The number of ether oxygens (including phenoxy) is 8. The number of aromatic nitrogens is 2. The van der Waals surface area contributed by atoms with Gasteiger partial charge >= 0.3 is 6.09 Å². The fraction of sp³-hybridized carbons (Fsp3) is 0.478. The largest absolute Gasteiger partial charge is 0.496 e. The Morgan fingerprint density at radius 3 is 2.19 bits per heavy atom. The zero-order chi connectivity index (χ0) is 45.9. The average Bonchev–Trinajstić information content (AvgIpc) is 3.64. The molecule has 2 N–H and O–H groups in total. The second-order valence-corrected chi connectivity index (χ2v) is 17.5. The minimum absolute atomic E-state index is 0.0929. The van der Waals surface area contributed by atoms with E-state index in [1.54, 1.807) is 55.7 Å². The fourth-order valence-electron chi connectivity index (χ4n) is 7.11. The van der Waals surface area contributed by atoms with Crippen molar-refractivity contribution < 1.29 is 52.3 Å². The molecule has 3 heterocycles. The summed E-state index contributed by atoms with van der Waals surface area (Å²) in [6.07, 6.45) is -0.337. The highest BCUT2D eigenvalue weighted by Gasteiger charge is 2.39. The number of nitrogens with one attached hydrogen (secondary N) is 2. The van der Waals surface area contributed by atoms with Crippen LogP contribution in [0.2, 0.25) is 10.0 Å². The van der Waals surface area contributed by atoms with Crippen molar-refractivity contribution in [3.8, 4) is 39.6 Å². The Morgan fingerprint density at radius 1 is 0.859 bits per heavy atom. The molecule has 6 rings (SSSR count). The number of morpholine rings is 1. The quantitative estimate of drug-likeness (QED) is 0.0835. The summed E-state index contributed by atoms with van der Waals surface area (Å²) in [5.41, 5.74) is 3.78. The van der Waals surface area contributed by atoms with E-state index < -0.39 is 17.2 Å². The van der Waals surface area contributed by atoms with Gasteiger partial charge in [0.15, 0.2) is 5.69 Å². The number of methoxy groups -OCH3 is 1. The Bertz CT molecular complexity index is 2240. The van der Waals surface area contributed by atoms with Crippen LogP contribution >= 0.6 is 23.2 Å². The van der Waals surface area contributed by atoms with Crippen molar-refractivity contribution in [1.82, 2.24) is 20.0 Å². The fourth-order valence-corrected chi connectivity index (χ4v) is 7.63. The predicted octanol–water partition coefficient (Wildman–Crippen LogP) is 7.58. The highest BCUT2D eigenvalue weighted by Crippen LogP contribution is 2.47. The molecule has 0 radical (unpaired) electrons. The minimum atomic E-state index is -0.552. The maximum atomic E-state index is 14.3. The summed E-state index contributed by atoms with van der Waals surface area (Å²) >= 11 is 13.0. The van der Waals surface area contributed by atoms with Crippen LogP contribution in [-0.4, -0.2) is 130 Å². The lowest BCUT2D eigenvalue weighted by Crippen LogP contribution is -2.55. The lowest BCUT2D eigenvalue weighted by molar-refractivity contribution is -0.117. The Morgan fingerprint density at radius 2 is 1.53 bits per heavy atom. The molecular weight excluding hydrogens is 869 g/mol. The van der Waals surface area contributed by atoms with Crippen molar-refractivity contribution in [2.45, 2.75) is 58.8 Å². The van der Waals surface area contributed by atoms with E-state index >= 15 is 0 Å². The second kappa shape index (κ2) is 22.3. The molecule has 1 fully saturated rings. The lowest BCUT2D eigenvalue weighted by Gasteiger charge is -2.41. The zero-order valence-electron chi connectivity index (χ0n) is 37.2. The summed E-state index contributed by atoms with van der Waals surface area (Å²) < 4.78 is 46.9. The highest BCUT2D eigenvalue weighted by atomic mass is 35.5. The van der Waals surface area contributed by atoms with Gasteiger partial charge < -0.3 is 53.4 Å². The molecule has 3 amide bonds. The van der Waals surface area contributed by atoms with Crippen molar-refractivity contribution in [1.29, 1.82) is 0 Å². The van der Waals surface area contributed by atoms with Gasteiger partial charge in [0.05, 0.1) is 96.5 Å². The topological polar surface area (TPSA) is 170 Å². The van der Waals surface area contributed by atoms with E-state index in [9.17, 15) is 14.4 Å². The van der Waals surface area contributed by atoms with Crippen molar-refractivity contribution in [3.63, 3.8) is 0 Å². The van der Waals surface area contributed by atoms with E-state index in [-0.39, 0.29) is 37.1 Å². The maximum Gasteiger partial charge on any atom is 0.407 e. The molecular formula is C46H57Cl2N5O11. The van der Waals surface area contributed by atoms with Crippen LogP contribution in [0.4, 0.5) is 10.5 Å². The molecule has 18 heteroatoms. The number of carbonyl (C=O) groups excluding carboxylic acids is 3. The average molecular weight is 927 g/mol. The molecule has 0 unspecified atom stereocenters.